The van der Waals surface area contributed by atoms with Gasteiger partial charge < -0.3 is 4.42 Å². The predicted octanol–water partition coefficient (Wildman–Crippen LogP) is 4.37. The first-order chi connectivity index (χ1) is 8.78. The molecule has 3 aromatic rings. The van der Waals surface area contributed by atoms with E-state index in [2.05, 4.69) is 36.2 Å². The van der Waals surface area contributed by atoms with Crippen molar-refractivity contribution in [2.24, 2.45) is 0 Å². The Labute approximate surface area is 106 Å². The average molecular weight is 237 g/mol. The summed E-state index contributed by atoms with van der Waals surface area (Å²) in [5, 5.41) is 0. The summed E-state index contributed by atoms with van der Waals surface area (Å²) < 4.78 is 5.85. The van der Waals surface area contributed by atoms with Crippen LogP contribution >= 0.6 is 0 Å². The highest BCUT2D eigenvalue weighted by Gasteiger charge is 2.09. The summed E-state index contributed by atoms with van der Waals surface area (Å²) in [5.41, 5.74) is 5.28. The van der Waals surface area contributed by atoms with E-state index in [1.807, 2.05) is 25.1 Å². The van der Waals surface area contributed by atoms with Gasteiger partial charge in [0.25, 0.3) is 0 Å². The number of para-hydroxylation sites is 1. The van der Waals surface area contributed by atoms with E-state index in [1.54, 1.807) is 0 Å². The van der Waals surface area contributed by atoms with Crippen LogP contribution in [0.2, 0.25) is 0 Å². The molecule has 0 spiro atoms. The minimum atomic E-state index is 0.696. The summed E-state index contributed by atoms with van der Waals surface area (Å²) in [6, 6.07) is 14.4. The van der Waals surface area contributed by atoms with Gasteiger partial charge in [0.2, 0.25) is 5.89 Å². The number of hydrogen-bond donors (Lipinski definition) is 0. The number of oxazole rings is 1. The molecule has 0 saturated heterocycles. The lowest BCUT2D eigenvalue weighted by Gasteiger charge is -1.97. The molecule has 0 unspecified atom stereocenters. The van der Waals surface area contributed by atoms with Crippen LogP contribution in [0.15, 0.2) is 46.9 Å². The van der Waals surface area contributed by atoms with E-state index in [0.717, 1.165) is 28.6 Å². The second-order valence-corrected chi connectivity index (χ2v) is 4.49. The third-order valence-corrected chi connectivity index (χ3v) is 3.22. The van der Waals surface area contributed by atoms with Gasteiger partial charge in [0.05, 0.1) is 0 Å². The Balaban J connectivity index is 2.10. The van der Waals surface area contributed by atoms with Crippen LogP contribution in [0.5, 0.6) is 0 Å². The molecule has 0 atom stereocenters. The number of rotatable bonds is 2. The van der Waals surface area contributed by atoms with Gasteiger partial charge in [-0.25, -0.2) is 4.98 Å². The third-order valence-electron chi connectivity index (χ3n) is 3.22. The largest absolute Gasteiger partial charge is 0.436 e. The van der Waals surface area contributed by atoms with E-state index >= 15 is 0 Å². The Morgan fingerprint density at radius 3 is 2.50 bits per heavy atom. The van der Waals surface area contributed by atoms with E-state index in [9.17, 15) is 0 Å². The van der Waals surface area contributed by atoms with Gasteiger partial charge in [0, 0.05) is 5.56 Å². The first-order valence-electron chi connectivity index (χ1n) is 6.23. The Kier molecular flexibility index (Phi) is 2.63. The minimum absolute atomic E-state index is 0.696. The van der Waals surface area contributed by atoms with E-state index < -0.39 is 0 Å². The fraction of sp³-hybridized carbons (Fsp3) is 0.188. The van der Waals surface area contributed by atoms with Crippen LogP contribution in [0.3, 0.4) is 0 Å². The van der Waals surface area contributed by atoms with Gasteiger partial charge >= 0.3 is 0 Å². The monoisotopic (exact) mass is 237 g/mol. The molecule has 18 heavy (non-hydrogen) atoms. The first-order valence-corrected chi connectivity index (χ1v) is 6.23. The summed E-state index contributed by atoms with van der Waals surface area (Å²) in [5.74, 6) is 0.696. The van der Waals surface area contributed by atoms with Crippen LogP contribution in [0.4, 0.5) is 0 Å². The van der Waals surface area contributed by atoms with Crippen LogP contribution in [-0.4, -0.2) is 4.98 Å². The zero-order valence-corrected chi connectivity index (χ0v) is 10.6. The Morgan fingerprint density at radius 2 is 1.83 bits per heavy atom. The number of fused-ring (bicyclic) bond motifs is 1. The molecule has 1 heterocycles. The van der Waals surface area contributed by atoms with Crippen LogP contribution in [0.1, 0.15) is 18.1 Å². The Bertz CT molecular complexity index is 680. The van der Waals surface area contributed by atoms with Crippen LogP contribution in [-0.2, 0) is 6.42 Å². The molecule has 0 fully saturated rings. The van der Waals surface area contributed by atoms with Crippen LogP contribution < -0.4 is 0 Å². The van der Waals surface area contributed by atoms with Gasteiger partial charge in [0.1, 0.15) is 5.52 Å². The van der Waals surface area contributed by atoms with Crippen molar-refractivity contribution >= 4 is 11.1 Å². The molecule has 0 amide bonds. The Hall–Kier alpha value is -2.09. The zero-order valence-electron chi connectivity index (χ0n) is 10.6. The summed E-state index contributed by atoms with van der Waals surface area (Å²) >= 11 is 0. The lowest BCUT2D eigenvalue weighted by molar-refractivity contribution is 0.617. The molecule has 0 saturated carbocycles. The molecule has 0 aliphatic carbocycles. The molecule has 3 rings (SSSR count). The van der Waals surface area contributed by atoms with Crippen molar-refractivity contribution in [1.29, 1.82) is 0 Å². The van der Waals surface area contributed by atoms with Gasteiger partial charge in [0.15, 0.2) is 5.58 Å². The van der Waals surface area contributed by atoms with Crippen molar-refractivity contribution in [3.8, 4) is 11.5 Å². The molecule has 0 N–H and O–H groups in total. The highest BCUT2D eigenvalue weighted by molar-refractivity contribution is 5.79. The molecule has 0 bridgehead atoms. The lowest BCUT2D eigenvalue weighted by atomic mass is 10.1. The van der Waals surface area contributed by atoms with Crippen LogP contribution in [0.25, 0.3) is 22.6 Å². The van der Waals surface area contributed by atoms with Crippen molar-refractivity contribution in [2.45, 2.75) is 20.3 Å². The van der Waals surface area contributed by atoms with Crippen molar-refractivity contribution in [1.82, 2.24) is 4.98 Å². The summed E-state index contributed by atoms with van der Waals surface area (Å²) in [7, 11) is 0. The average Bonchev–Trinajstić information content (AvgIpc) is 2.84. The summed E-state index contributed by atoms with van der Waals surface area (Å²) in [6.07, 6.45) is 1.05. The van der Waals surface area contributed by atoms with Crippen molar-refractivity contribution in [2.75, 3.05) is 0 Å². The van der Waals surface area contributed by atoms with Crippen molar-refractivity contribution in [3.05, 3.63) is 53.6 Å². The molecule has 2 heteroatoms. The van der Waals surface area contributed by atoms with Crippen molar-refractivity contribution < 1.29 is 4.42 Å². The van der Waals surface area contributed by atoms with Crippen LogP contribution in [0, 0.1) is 6.92 Å². The van der Waals surface area contributed by atoms with E-state index in [-0.39, 0.29) is 0 Å². The number of hydrogen-bond acceptors (Lipinski definition) is 2. The second-order valence-electron chi connectivity index (χ2n) is 4.49. The lowest BCUT2D eigenvalue weighted by Crippen LogP contribution is -1.81. The molecule has 0 aliphatic rings. The minimum Gasteiger partial charge on any atom is -0.436 e. The topological polar surface area (TPSA) is 26.0 Å². The standard InChI is InChI=1S/C16H15NO/c1-3-12-7-9-13(10-8-12)16-17-14-6-4-5-11(2)15(14)18-16/h4-10H,3H2,1-2H3. The maximum Gasteiger partial charge on any atom is 0.227 e. The zero-order chi connectivity index (χ0) is 12.5. The molecule has 1 aromatic heterocycles. The molecule has 0 radical (unpaired) electrons. The van der Waals surface area contributed by atoms with E-state index in [0.29, 0.717) is 5.89 Å². The molecule has 2 aromatic carbocycles. The highest BCUT2D eigenvalue weighted by Crippen LogP contribution is 2.26. The quantitative estimate of drug-likeness (QED) is 0.661. The molecule has 2 nitrogen and oxygen atoms in total. The van der Waals surface area contributed by atoms with E-state index in [4.69, 9.17) is 4.42 Å². The van der Waals surface area contributed by atoms with Crippen molar-refractivity contribution in [3.63, 3.8) is 0 Å². The molecular weight excluding hydrogens is 222 g/mol. The first kappa shape index (κ1) is 11.0. The SMILES string of the molecule is CCc1ccc(-c2nc3cccc(C)c3o2)cc1. The number of nitrogens with zero attached hydrogens (tertiary/aromatic N) is 1. The maximum atomic E-state index is 5.85. The molecule has 90 valence electrons. The summed E-state index contributed by atoms with van der Waals surface area (Å²) in [6.45, 7) is 4.19. The normalized spacial score (nSPS) is 11.0. The van der Waals surface area contributed by atoms with E-state index in [1.165, 1.54) is 5.56 Å². The van der Waals surface area contributed by atoms with Gasteiger partial charge in [-0.15, -0.1) is 0 Å². The van der Waals surface area contributed by atoms with Gasteiger partial charge in [-0.3, -0.25) is 0 Å². The van der Waals surface area contributed by atoms with Gasteiger partial charge in [-0.2, -0.15) is 0 Å². The third kappa shape index (κ3) is 1.80. The number of benzene rings is 2. The Morgan fingerprint density at radius 1 is 1.06 bits per heavy atom. The number of aromatic nitrogens is 1. The molecule has 0 aliphatic heterocycles. The molecular formula is C16H15NO. The summed E-state index contributed by atoms with van der Waals surface area (Å²) in [4.78, 5) is 4.53. The number of aryl methyl sites for hydroxylation is 2. The highest BCUT2D eigenvalue weighted by atomic mass is 16.3. The van der Waals surface area contributed by atoms with Gasteiger partial charge in [-0.1, -0.05) is 31.2 Å². The second kappa shape index (κ2) is 4.30. The fourth-order valence-electron chi connectivity index (χ4n) is 2.09. The maximum absolute atomic E-state index is 5.85. The smallest absolute Gasteiger partial charge is 0.227 e. The fourth-order valence-corrected chi connectivity index (χ4v) is 2.09. The predicted molar refractivity (Wildman–Crippen MR) is 73.6 cm³/mol. The van der Waals surface area contributed by atoms with Gasteiger partial charge in [-0.05, 0) is 42.7 Å².